The van der Waals surface area contributed by atoms with Gasteiger partial charge in [0.05, 0.1) is 22.8 Å². The molecule has 0 unspecified atom stereocenters. The van der Waals surface area contributed by atoms with Gasteiger partial charge in [-0.2, -0.15) is 0 Å². The molecule has 3 aromatic heterocycles. The van der Waals surface area contributed by atoms with E-state index in [1.165, 1.54) is 0 Å². The van der Waals surface area contributed by atoms with Crippen molar-refractivity contribution in [2.24, 2.45) is 0 Å². The van der Waals surface area contributed by atoms with E-state index in [-0.39, 0.29) is 0 Å². The summed E-state index contributed by atoms with van der Waals surface area (Å²) in [5.41, 5.74) is 20.7. The molecule has 5 nitrogen and oxygen atoms in total. The van der Waals surface area contributed by atoms with Crippen LogP contribution in [0.15, 0.2) is 115 Å². The zero-order valence-corrected chi connectivity index (χ0v) is 23.3. The molecule has 0 radical (unpaired) electrons. The average Bonchev–Trinajstić information content (AvgIpc) is 3.85. The lowest BCUT2D eigenvalue weighted by Gasteiger charge is -2.05. The number of nitrogen functional groups attached to an aromatic ring is 1. The molecule has 8 rings (SSSR count). The Labute approximate surface area is 248 Å². The van der Waals surface area contributed by atoms with Crippen molar-refractivity contribution in [2.75, 3.05) is 5.73 Å². The van der Waals surface area contributed by atoms with Crippen molar-refractivity contribution in [3.05, 3.63) is 138 Å². The van der Waals surface area contributed by atoms with Gasteiger partial charge in [-0.05, 0) is 83.5 Å². The summed E-state index contributed by atoms with van der Waals surface area (Å²) in [6.45, 7) is 0. The fraction of sp³-hybridized carbons (Fsp3) is 0. The lowest BCUT2D eigenvalue weighted by molar-refractivity contribution is 1.31. The molecule has 6 aromatic rings. The number of hydrogen-bond acceptors (Lipinski definition) is 3. The van der Waals surface area contributed by atoms with Gasteiger partial charge in [0.1, 0.15) is 0 Å². The molecule has 2 aliphatic heterocycles. The van der Waals surface area contributed by atoms with Crippen molar-refractivity contribution in [1.29, 1.82) is 0 Å². The lowest BCUT2D eigenvalue weighted by Crippen LogP contribution is -1.87. The molecule has 0 saturated carbocycles. The Balaban J connectivity index is 1.50. The summed E-state index contributed by atoms with van der Waals surface area (Å²) < 4.78 is 0. The van der Waals surface area contributed by atoms with Crippen LogP contribution in [0.1, 0.15) is 22.8 Å². The van der Waals surface area contributed by atoms with Crippen LogP contribution in [0, 0.1) is 0 Å². The van der Waals surface area contributed by atoms with Crippen LogP contribution in [-0.2, 0) is 0 Å². The molecule has 5 heterocycles. The highest BCUT2D eigenvalue weighted by molar-refractivity contribution is 5.96. The molecule has 204 valence electrons. The average molecular weight is 554 g/mol. The maximum Gasteiger partial charge on any atom is 0.0736 e. The lowest BCUT2D eigenvalue weighted by atomic mass is 10.0. The molecule has 5 heteroatoms. The topological polar surface area (TPSA) is 83.4 Å². The number of nitrogens with zero attached hydrogens (tertiary/aromatic N) is 2. The molecule has 2 aliphatic rings. The van der Waals surface area contributed by atoms with E-state index in [0.29, 0.717) is 0 Å². The van der Waals surface area contributed by atoms with E-state index < -0.39 is 0 Å². The summed E-state index contributed by atoms with van der Waals surface area (Å²) in [5.74, 6) is 0. The number of anilines is 1. The van der Waals surface area contributed by atoms with Crippen molar-refractivity contribution >= 4 is 52.1 Å². The minimum Gasteiger partial charge on any atom is -0.399 e. The van der Waals surface area contributed by atoms with Crippen LogP contribution >= 0.6 is 0 Å². The molecule has 0 saturated heterocycles. The van der Waals surface area contributed by atoms with Gasteiger partial charge in [0.25, 0.3) is 0 Å². The zero-order chi connectivity index (χ0) is 28.8. The molecule has 0 amide bonds. The standard InChI is InChI=1S/C38H27N5/c39-27-13-11-24(12-14-27)31-22-30-21-28-15-17-32(40-28)37(25-7-3-1-4-8-25)34-19-20-35(43-34)38(26-9-5-2-6-10-26)33-18-16-29(41-33)23-36(31)42-30/h1-23,42-43H,39H2. The normalized spacial score (nSPS) is 12.1. The van der Waals surface area contributed by atoms with E-state index in [1.807, 2.05) is 24.3 Å². The number of fused-ring (bicyclic) bond motifs is 8. The number of nitrogens with two attached hydrogens (primary N) is 1. The Kier molecular flexibility index (Phi) is 5.86. The van der Waals surface area contributed by atoms with Crippen molar-refractivity contribution in [3.8, 4) is 33.4 Å². The number of H-pyrrole nitrogens is 2. The largest absolute Gasteiger partial charge is 0.399 e. The second-order valence-corrected chi connectivity index (χ2v) is 10.7. The second kappa shape index (κ2) is 10.2. The number of aromatic nitrogens is 4. The van der Waals surface area contributed by atoms with Gasteiger partial charge in [-0.15, -0.1) is 0 Å². The van der Waals surface area contributed by atoms with Gasteiger partial charge in [0.2, 0.25) is 0 Å². The van der Waals surface area contributed by atoms with E-state index in [0.717, 1.165) is 83.9 Å². The highest BCUT2D eigenvalue weighted by Crippen LogP contribution is 2.34. The van der Waals surface area contributed by atoms with Crippen LogP contribution in [-0.4, -0.2) is 19.9 Å². The van der Waals surface area contributed by atoms with Gasteiger partial charge in [-0.3, -0.25) is 0 Å². The molecular weight excluding hydrogens is 526 g/mol. The predicted octanol–water partition coefficient (Wildman–Crippen LogP) is 9.24. The molecule has 0 spiro atoms. The summed E-state index contributed by atoms with van der Waals surface area (Å²) in [4.78, 5) is 17.6. The summed E-state index contributed by atoms with van der Waals surface area (Å²) in [6.07, 6.45) is 8.33. The third kappa shape index (κ3) is 4.63. The number of nitrogens with one attached hydrogen (secondary N) is 2. The summed E-state index contributed by atoms with van der Waals surface area (Å²) in [6, 6.07) is 39.4. The van der Waals surface area contributed by atoms with Crippen LogP contribution in [0.25, 0.3) is 79.8 Å². The van der Waals surface area contributed by atoms with Gasteiger partial charge < -0.3 is 15.7 Å². The summed E-state index contributed by atoms with van der Waals surface area (Å²) >= 11 is 0. The van der Waals surface area contributed by atoms with E-state index in [4.69, 9.17) is 15.7 Å². The molecule has 0 atom stereocenters. The highest BCUT2D eigenvalue weighted by Gasteiger charge is 2.14. The first-order chi connectivity index (χ1) is 21.2. The molecule has 43 heavy (non-hydrogen) atoms. The summed E-state index contributed by atoms with van der Waals surface area (Å²) in [7, 11) is 0. The van der Waals surface area contributed by atoms with Crippen LogP contribution in [0.3, 0.4) is 0 Å². The van der Waals surface area contributed by atoms with Crippen molar-refractivity contribution in [1.82, 2.24) is 19.9 Å². The van der Waals surface area contributed by atoms with Crippen LogP contribution in [0.2, 0.25) is 0 Å². The van der Waals surface area contributed by atoms with Gasteiger partial charge in [-0.1, -0.05) is 72.8 Å². The number of benzene rings is 3. The van der Waals surface area contributed by atoms with Crippen LogP contribution in [0.5, 0.6) is 0 Å². The van der Waals surface area contributed by atoms with E-state index in [1.54, 1.807) is 0 Å². The highest BCUT2D eigenvalue weighted by atomic mass is 14.8. The predicted molar refractivity (Wildman–Crippen MR) is 180 cm³/mol. The summed E-state index contributed by atoms with van der Waals surface area (Å²) in [5, 5.41) is 0. The number of rotatable bonds is 3. The molecular formula is C38H27N5. The van der Waals surface area contributed by atoms with E-state index in [9.17, 15) is 0 Å². The SMILES string of the molecule is Nc1ccc(-c2cc3cc4nc(c(-c5ccccc5)c5ccc([nH]5)c(-c5ccccc5)c5nc(cc2[nH]3)C=C5)C=C4)cc1. The monoisotopic (exact) mass is 553 g/mol. The first-order valence-corrected chi connectivity index (χ1v) is 14.3. The van der Waals surface area contributed by atoms with Gasteiger partial charge in [-0.25, -0.2) is 9.97 Å². The smallest absolute Gasteiger partial charge is 0.0736 e. The third-order valence-corrected chi connectivity index (χ3v) is 7.87. The first kappa shape index (κ1) is 24.8. The first-order valence-electron chi connectivity index (χ1n) is 14.3. The van der Waals surface area contributed by atoms with Crippen LogP contribution in [0.4, 0.5) is 5.69 Å². The van der Waals surface area contributed by atoms with Crippen molar-refractivity contribution in [2.45, 2.75) is 0 Å². The van der Waals surface area contributed by atoms with Gasteiger partial charge in [0, 0.05) is 44.4 Å². The fourth-order valence-corrected chi connectivity index (χ4v) is 5.87. The quantitative estimate of drug-likeness (QED) is 0.191. The molecule has 8 bridgehead atoms. The van der Waals surface area contributed by atoms with Crippen LogP contribution < -0.4 is 5.73 Å². The number of hydrogen-bond donors (Lipinski definition) is 3. The fourth-order valence-electron chi connectivity index (χ4n) is 5.87. The maximum atomic E-state index is 6.01. The Hall–Kier alpha value is -5.94. The van der Waals surface area contributed by atoms with Crippen molar-refractivity contribution < 1.29 is 0 Å². The minimum atomic E-state index is 0.736. The maximum absolute atomic E-state index is 6.01. The molecule has 4 N–H and O–H groups in total. The van der Waals surface area contributed by atoms with E-state index in [2.05, 4.69) is 125 Å². The van der Waals surface area contributed by atoms with Crippen molar-refractivity contribution in [3.63, 3.8) is 0 Å². The molecule has 0 aliphatic carbocycles. The third-order valence-electron chi connectivity index (χ3n) is 7.87. The molecule has 3 aromatic carbocycles. The second-order valence-electron chi connectivity index (χ2n) is 10.7. The zero-order valence-electron chi connectivity index (χ0n) is 23.3. The minimum absolute atomic E-state index is 0.736. The van der Waals surface area contributed by atoms with E-state index >= 15 is 0 Å². The Bertz CT molecular complexity index is 2220. The van der Waals surface area contributed by atoms with Gasteiger partial charge in [0.15, 0.2) is 0 Å². The Morgan fingerprint density at radius 2 is 1.02 bits per heavy atom. The van der Waals surface area contributed by atoms with Gasteiger partial charge >= 0.3 is 0 Å². The Morgan fingerprint density at radius 1 is 0.465 bits per heavy atom. The Morgan fingerprint density at radius 3 is 1.60 bits per heavy atom. The molecule has 0 fully saturated rings. The number of aromatic amines is 2.